The highest BCUT2D eigenvalue weighted by molar-refractivity contribution is 5.80. The molecule has 2 aromatic carbocycles. The molecule has 20 heavy (non-hydrogen) atoms. The van der Waals surface area contributed by atoms with Crippen LogP contribution in [0, 0.1) is 0 Å². The van der Waals surface area contributed by atoms with Gasteiger partial charge in [-0.05, 0) is 36.2 Å². The fourth-order valence-corrected chi connectivity index (χ4v) is 1.88. The third-order valence-corrected chi connectivity index (χ3v) is 2.84. The summed E-state index contributed by atoms with van der Waals surface area (Å²) in [7, 11) is 1.64. The number of rotatable bonds is 6. The van der Waals surface area contributed by atoms with Gasteiger partial charge in [-0.3, -0.25) is 4.99 Å². The van der Waals surface area contributed by atoms with Gasteiger partial charge in [0, 0.05) is 6.21 Å². The molecule has 0 aromatic heterocycles. The molecule has 0 saturated heterocycles. The van der Waals surface area contributed by atoms with Gasteiger partial charge in [0.05, 0.1) is 20.3 Å². The molecular formula is C17H19NO2. The smallest absolute Gasteiger partial charge is 0.161 e. The summed E-state index contributed by atoms with van der Waals surface area (Å²) in [6.07, 6.45) is 1.86. The second-order valence-corrected chi connectivity index (χ2v) is 4.30. The maximum absolute atomic E-state index is 5.55. The number of benzene rings is 2. The van der Waals surface area contributed by atoms with Crippen LogP contribution in [0.25, 0.3) is 0 Å². The van der Waals surface area contributed by atoms with Crippen molar-refractivity contribution in [2.75, 3.05) is 13.7 Å². The van der Waals surface area contributed by atoms with E-state index in [4.69, 9.17) is 9.47 Å². The van der Waals surface area contributed by atoms with E-state index in [2.05, 4.69) is 17.1 Å². The lowest BCUT2D eigenvalue weighted by molar-refractivity contribution is 0.311. The van der Waals surface area contributed by atoms with Gasteiger partial charge in [-0.25, -0.2) is 0 Å². The SMILES string of the molecule is CCOc1cc(C=NCc2ccccc2)ccc1OC. The van der Waals surface area contributed by atoms with Crippen molar-refractivity contribution in [3.8, 4) is 11.5 Å². The van der Waals surface area contributed by atoms with Crippen molar-refractivity contribution < 1.29 is 9.47 Å². The van der Waals surface area contributed by atoms with Crippen LogP contribution in [0.2, 0.25) is 0 Å². The molecule has 3 nitrogen and oxygen atoms in total. The Bertz CT molecular complexity index is 564. The van der Waals surface area contributed by atoms with Crippen LogP contribution in [0.5, 0.6) is 11.5 Å². The second kappa shape index (κ2) is 7.34. The molecule has 0 unspecified atom stereocenters. The van der Waals surface area contributed by atoms with Gasteiger partial charge in [0.1, 0.15) is 0 Å². The van der Waals surface area contributed by atoms with Crippen molar-refractivity contribution in [3.63, 3.8) is 0 Å². The summed E-state index contributed by atoms with van der Waals surface area (Å²) in [5.41, 5.74) is 2.20. The van der Waals surface area contributed by atoms with Crippen LogP contribution in [-0.4, -0.2) is 19.9 Å². The summed E-state index contributed by atoms with van der Waals surface area (Å²) in [5.74, 6) is 1.49. The molecule has 0 aliphatic carbocycles. The van der Waals surface area contributed by atoms with E-state index in [1.165, 1.54) is 5.56 Å². The quantitative estimate of drug-likeness (QED) is 0.748. The Morgan fingerprint density at radius 2 is 1.85 bits per heavy atom. The predicted octanol–water partition coefficient (Wildman–Crippen LogP) is 3.71. The highest BCUT2D eigenvalue weighted by atomic mass is 16.5. The Morgan fingerprint density at radius 1 is 1.05 bits per heavy atom. The summed E-state index contributed by atoms with van der Waals surface area (Å²) < 4.78 is 10.8. The Hall–Kier alpha value is -2.29. The Labute approximate surface area is 119 Å². The first kappa shape index (κ1) is 14.1. The van der Waals surface area contributed by atoms with Gasteiger partial charge in [-0.1, -0.05) is 30.3 Å². The molecule has 0 atom stereocenters. The molecule has 104 valence electrons. The first-order chi connectivity index (χ1) is 9.83. The number of nitrogens with zero attached hydrogens (tertiary/aromatic N) is 1. The minimum atomic E-state index is 0.612. The minimum absolute atomic E-state index is 0.612. The fraction of sp³-hybridized carbons (Fsp3) is 0.235. The molecule has 0 amide bonds. The van der Waals surface area contributed by atoms with Crippen LogP contribution >= 0.6 is 0 Å². The standard InChI is InChI=1S/C17H19NO2/c1-3-20-17-11-15(9-10-16(17)19-2)13-18-12-14-7-5-4-6-8-14/h4-11,13H,3,12H2,1-2H3. The molecule has 0 spiro atoms. The number of aliphatic imine (C=N–C) groups is 1. The molecule has 0 radical (unpaired) electrons. The van der Waals surface area contributed by atoms with Crippen molar-refractivity contribution in [3.05, 3.63) is 59.7 Å². The predicted molar refractivity (Wildman–Crippen MR) is 81.9 cm³/mol. The molecule has 0 bridgehead atoms. The molecule has 0 saturated carbocycles. The van der Waals surface area contributed by atoms with Gasteiger partial charge in [0.15, 0.2) is 11.5 Å². The lowest BCUT2D eigenvalue weighted by Crippen LogP contribution is -1.96. The van der Waals surface area contributed by atoms with E-state index in [9.17, 15) is 0 Å². The number of methoxy groups -OCH3 is 1. The maximum Gasteiger partial charge on any atom is 0.161 e. The van der Waals surface area contributed by atoms with Crippen molar-refractivity contribution in [1.82, 2.24) is 0 Å². The molecule has 0 aliphatic heterocycles. The summed E-state index contributed by atoms with van der Waals surface area (Å²) in [5, 5.41) is 0. The molecule has 3 heteroatoms. The monoisotopic (exact) mass is 269 g/mol. The van der Waals surface area contributed by atoms with Crippen molar-refractivity contribution in [2.24, 2.45) is 4.99 Å². The molecule has 2 rings (SSSR count). The minimum Gasteiger partial charge on any atom is -0.493 e. The van der Waals surface area contributed by atoms with Crippen LogP contribution in [0.4, 0.5) is 0 Å². The lowest BCUT2D eigenvalue weighted by Gasteiger charge is -2.09. The Morgan fingerprint density at radius 3 is 2.55 bits per heavy atom. The van der Waals surface area contributed by atoms with Crippen LogP contribution < -0.4 is 9.47 Å². The summed E-state index contributed by atoms with van der Waals surface area (Å²) in [6.45, 7) is 3.24. The van der Waals surface area contributed by atoms with Crippen LogP contribution in [-0.2, 0) is 6.54 Å². The molecule has 0 heterocycles. The van der Waals surface area contributed by atoms with Crippen molar-refractivity contribution in [2.45, 2.75) is 13.5 Å². The van der Waals surface area contributed by atoms with E-state index in [0.29, 0.717) is 13.2 Å². The Kier molecular flexibility index (Phi) is 5.18. The number of hydrogen-bond donors (Lipinski definition) is 0. The Balaban J connectivity index is 2.07. The zero-order valence-electron chi connectivity index (χ0n) is 11.9. The van der Waals surface area contributed by atoms with Gasteiger partial charge in [0.2, 0.25) is 0 Å². The highest BCUT2D eigenvalue weighted by Crippen LogP contribution is 2.27. The van der Waals surface area contributed by atoms with Gasteiger partial charge in [-0.2, -0.15) is 0 Å². The van der Waals surface area contributed by atoms with Gasteiger partial charge in [-0.15, -0.1) is 0 Å². The zero-order chi connectivity index (χ0) is 14.2. The topological polar surface area (TPSA) is 30.8 Å². The largest absolute Gasteiger partial charge is 0.493 e. The summed E-state index contributed by atoms with van der Waals surface area (Å²) in [4.78, 5) is 4.45. The molecule has 0 fully saturated rings. The second-order valence-electron chi connectivity index (χ2n) is 4.30. The van der Waals surface area contributed by atoms with Crippen LogP contribution in [0.15, 0.2) is 53.5 Å². The molecule has 0 N–H and O–H groups in total. The third-order valence-electron chi connectivity index (χ3n) is 2.84. The first-order valence-corrected chi connectivity index (χ1v) is 6.68. The third kappa shape index (κ3) is 3.85. The highest BCUT2D eigenvalue weighted by Gasteiger charge is 2.03. The summed E-state index contributed by atoms with van der Waals surface area (Å²) in [6, 6.07) is 16.0. The maximum atomic E-state index is 5.55. The van der Waals surface area contributed by atoms with E-state index >= 15 is 0 Å². The van der Waals surface area contributed by atoms with Crippen LogP contribution in [0.3, 0.4) is 0 Å². The average molecular weight is 269 g/mol. The number of hydrogen-bond acceptors (Lipinski definition) is 3. The summed E-state index contributed by atoms with van der Waals surface area (Å²) >= 11 is 0. The zero-order valence-corrected chi connectivity index (χ0v) is 11.9. The normalized spacial score (nSPS) is 10.7. The van der Waals surface area contributed by atoms with Crippen molar-refractivity contribution in [1.29, 1.82) is 0 Å². The van der Waals surface area contributed by atoms with E-state index in [-0.39, 0.29) is 0 Å². The first-order valence-electron chi connectivity index (χ1n) is 6.68. The lowest BCUT2D eigenvalue weighted by atomic mass is 10.2. The molecule has 0 aliphatic rings. The van der Waals surface area contributed by atoms with Crippen molar-refractivity contribution >= 4 is 6.21 Å². The molecular weight excluding hydrogens is 250 g/mol. The van der Waals surface area contributed by atoms with E-state index in [0.717, 1.165) is 17.1 Å². The van der Waals surface area contributed by atoms with Crippen LogP contribution in [0.1, 0.15) is 18.1 Å². The molecule has 2 aromatic rings. The van der Waals surface area contributed by atoms with E-state index < -0.39 is 0 Å². The number of ether oxygens (including phenoxy) is 2. The van der Waals surface area contributed by atoms with E-state index in [1.807, 2.05) is 49.5 Å². The van der Waals surface area contributed by atoms with E-state index in [1.54, 1.807) is 7.11 Å². The van der Waals surface area contributed by atoms with Gasteiger partial charge >= 0.3 is 0 Å². The van der Waals surface area contributed by atoms with Gasteiger partial charge in [0.25, 0.3) is 0 Å². The van der Waals surface area contributed by atoms with Gasteiger partial charge < -0.3 is 9.47 Å². The fourth-order valence-electron chi connectivity index (χ4n) is 1.88. The average Bonchev–Trinajstić information content (AvgIpc) is 2.49.